The second kappa shape index (κ2) is 12.0. The standard InChI is InChI=1S/C27H16Cl3F3N2O5S/c28-20-4-2-1-3-19(20)25(36)35-26(37)34-16-6-8-17(9-7-16)40-18-10-12-24(22(30)14-18)41(38,39)23-11-5-15(13-21(23)29)27(31,32)33/h1-14H,(H2,34,35,36,37). The number of benzene rings is 4. The average molecular weight is 644 g/mol. The number of urea groups is 1. The number of hydrogen-bond acceptors (Lipinski definition) is 5. The van der Waals surface area contributed by atoms with Gasteiger partial charge in [0.1, 0.15) is 11.5 Å². The quantitative estimate of drug-likeness (QED) is 0.220. The molecule has 212 valence electrons. The summed E-state index contributed by atoms with van der Waals surface area (Å²) in [5.41, 5.74) is -0.633. The van der Waals surface area contributed by atoms with Crippen LogP contribution in [0, 0.1) is 0 Å². The van der Waals surface area contributed by atoms with Gasteiger partial charge in [-0.05, 0) is 66.7 Å². The summed E-state index contributed by atoms with van der Waals surface area (Å²) in [7, 11) is -4.36. The molecule has 0 aromatic heterocycles. The molecule has 4 aromatic carbocycles. The lowest BCUT2D eigenvalue weighted by atomic mass is 10.2. The Morgan fingerprint density at radius 2 is 1.32 bits per heavy atom. The molecule has 0 aliphatic carbocycles. The fourth-order valence-electron chi connectivity index (χ4n) is 3.50. The van der Waals surface area contributed by atoms with Crippen molar-refractivity contribution < 1.29 is 35.9 Å². The molecule has 0 saturated carbocycles. The van der Waals surface area contributed by atoms with Gasteiger partial charge in [0.15, 0.2) is 0 Å². The van der Waals surface area contributed by atoms with E-state index < -0.39 is 43.4 Å². The zero-order valence-corrected chi connectivity index (χ0v) is 23.4. The molecule has 41 heavy (non-hydrogen) atoms. The molecule has 0 bridgehead atoms. The van der Waals surface area contributed by atoms with Gasteiger partial charge >= 0.3 is 12.2 Å². The van der Waals surface area contributed by atoms with Crippen LogP contribution in [0.3, 0.4) is 0 Å². The van der Waals surface area contributed by atoms with Crippen molar-refractivity contribution in [1.82, 2.24) is 5.32 Å². The molecule has 7 nitrogen and oxygen atoms in total. The number of amides is 3. The van der Waals surface area contributed by atoms with Gasteiger partial charge in [-0.25, -0.2) is 13.2 Å². The molecule has 14 heteroatoms. The van der Waals surface area contributed by atoms with Gasteiger partial charge in [-0.1, -0.05) is 46.9 Å². The lowest BCUT2D eigenvalue weighted by Crippen LogP contribution is -2.34. The van der Waals surface area contributed by atoms with E-state index in [1.165, 1.54) is 48.5 Å². The Morgan fingerprint density at radius 1 is 0.732 bits per heavy atom. The van der Waals surface area contributed by atoms with Crippen molar-refractivity contribution in [3.63, 3.8) is 0 Å². The lowest BCUT2D eigenvalue weighted by molar-refractivity contribution is -0.137. The number of hydrogen-bond donors (Lipinski definition) is 2. The van der Waals surface area contributed by atoms with E-state index in [0.717, 1.165) is 12.1 Å². The molecule has 0 aliphatic rings. The summed E-state index contributed by atoms with van der Waals surface area (Å²) in [6.07, 6.45) is -4.69. The SMILES string of the molecule is O=C(NC(=O)c1ccccc1Cl)Nc1ccc(Oc2ccc(S(=O)(=O)c3ccc(C(F)(F)F)cc3Cl)c(Cl)c2)cc1. The minimum atomic E-state index is -4.69. The van der Waals surface area contributed by atoms with Crippen molar-refractivity contribution >= 4 is 62.3 Å². The van der Waals surface area contributed by atoms with E-state index in [9.17, 15) is 31.2 Å². The van der Waals surface area contributed by atoms with Gasteiger partial charge in [0.25, 0.3) is 5.91 Å². The summed E-state index contributed by atoms with van der Waals surface area (Å²) in [6.45, 7) is 0. The Hall–Kier alpha value is -3.77. The van der Waals surface area contributed by atoms with Gasteiger partial charge in [-0.2, -0.15) is 13.2 Å². The van der Waals surface area contributed by atoms with Gasteiger partial charge in [0.2, 0.25) is 9.84 Å². The van der Waals surface area contributed by atoms with Crippen LogP contribution in [0.1, 0.15) is 15.9 Å². The maximum Gasteiger partial charge on any atom is 0.416 e. The maximum atomic E-state index is 13.0. The molecule has 0 unspecified atom stereocenters. The van der Waals surface area contributed by atoms with Crippen LogP contribution in [0.25, 0.3) is 0 Å². The van der Waals surface area contributed by atoms with Crippen molar-refractivity contribution in [2.24, 2.45) is 0 Å². The van der Waals surface area contributed by atoms with Crippen molar-refractivity contribution in [2.45, 2.75) is 16.0 Å². The van der Waals surface area contributed by atoms with Crippen molar-refractivity contribution in [1.29, 1.82) is 0 Å². The summed E-state index contributed by atoms with van der Waals surface area (Å²) in [5.74, 6) is -0.243. The summed E-state index contributed by atoms with van der Waals surface area (Å²) >= 11 is 18.0. The van der Waals surface area contributed by atoms with Crippen LogP contribution in [0.4, 0.5) is 23.7 Å². The third kappa shape index (κ3) is 7.12. The second-order valence-corrected chi connectivity index (χ2v) is 11.4. The van der Waals surface area contributed by atoms with Gasteiger partial charge < -0.3 is 10.1 Å². The molecule has 4 aromatic rings. The van der Waals surface area contributed by atoms with E-state index in [2.05, 4.69) is 10.6 Å². The number of carbonyl (C=O) groups excluding carboxylic acids is 2. The first kappa shape index (κ1) is 30.2. The molecular formula is C27H16Cl3F3N2O5S. The number of ether oxygens (including phenoxy) is 1. The minimum absolute atomic E-state index is 0.132. The normalized spacial score (nSPS) is 11.6. The zero-order chi connectivity index (χ0) is 29.9. The predicted octanol–water partition coefficient (Wildman–Crippen LogP) is 8.25. The number of imide groups is 1. The highest BCUT2D eigenvalue weighted by atomic mass is 35.5. The fourth-order valence-corrected chi connectivity index (χ4v) is 6.04. The largest absolute Gasteiger partial charge is 0.457 e. The van der Waals surface area contributed by atoms with E-state index in [1.54, 1.807) is 12.1 Å². The molecule has 0 aliphatic heterocycles. The van der Waals surface area contributed by atoms with E-state index in [0.29, 0.717) is 23.6 Å². The van der Waals surface area contributed by atoms with Crippen LogP contribution in [0.2, 0.25) is 15.1 Å². The van der Waals surface area contributed by atoms with Crippen molar-refractivity contribution in [3.8, 4) is 11.5 Å². The topological polar surface area (TPSA) is 102 Å². The van der Waals surface area contributed by atoms with Gasteiger partial charge in [0, 0.05) is 11.8 Å². The Kier molecular flexibility index (Phi) is 8.83. The number of alkyl halides is 3. The smallest absolute Gasteiger partial charge is 0.416 e. The van der Waals surface area contributed by atoms with Crippen molar-refractivity contribution in [3.05, 3.63) is 111 Å². The highest BCUT2D eigenvalue weighted by Crippen LogP contribution is 2.38. The molecule has 4 rings (SSSR count). The first-order chi connectivity index (χ1) is 19.3. The molecule has 0 saturated heterocycles. The Labute approximate surface area is 246 Å². The number of halogens is 6. The summed E-state index contributed by atoms with van der Waals surface area (Å²) in [4.78, 5) is 23.5. The monoisotopic (exact) mass is 642 g/mol. The van der Waals surface area contributed by atoms with Crippen LogP contribution in [-0.4, -0.2) is 20.4 Å². The second-order valence-electron chi connectivity index (χ2n) is 8.25. The fraction of sp³-hybridized carbons (Fsp3) is 0.0370. The number of rotatable bonds is 6. The first-order valence-corrected chi connectivity index (χ1v) is 13.9. The van der Waals surface area contributed by atoms with Crippen LogP contribution in [-0.2, 0) is 16.0 Å². The number of sulfone groups is 1. The molecule has 0 radical (unpaired) electrons. The highest BCUT2D eigenvalue weighted by Gasteiger charge is 2.33. The number of nitrogens with one attached hydrogen (secondary N) is 2. The van der Waals surface area contributed by atoms with E-state index >= 15 is 0 Å². The molecule has 0 atom stereocenters. The van der Waals surface area contributed by atoms with Crippen molar-refractivity contribution in [2.75, 3.05) is 5.32 Å². The van der Waals surface area contributed by atoms with E-state index in [1.807, 2.05) is 0 Å². The molecule has 0 fully saturated rings. The van der Waals surface area contributed by atoms with Crippen LogP contribution in [0.15, 0.2) is 94.7 Å². The number of carbonyl (C=O) groups is 2. The third-order valence-electron chi connectivity index (χ3n) is 5.44. The molecule has 0 spiro atoms. The molecule has 3 amide bonds. The van der Waals surface area contributed by atoms with E-state index in [4.69, 9.17) is 39.5 Å². The maximum absolute atomic E-state index is 13.0. The Balaban J connectivity index is 1.43. The van der Waals surface area contributed by atoms with Gasteiger partial charge in [-0.15, -0.1) is 0 Å². The summed E-state index contributed by atoms with van der Waals surface area (Å²) in [5, 5.41) is 3.98. The van der Waals surface area contributed by atoms with Gasteiger partial charge in [0.05, 0.1) is 36.0 Å². The zero-order valence-electron chi connectivity index (χ0n) is 20.3. The van der Waals surface area contributed by atoms with Crippen LogP contribution in [0.5, 0.6) is 11.5 Å². The predicted molar refractivity (Wildman–Crippen MR) is 148 cm³/mol. The van der Waals surface area contributed by atoms with Gasteiger partial charge in [-0.3, -0.25) is 10.1 Å². The summed E-state index contributed by atoms with van der Waals surface area (Å²) < 4.78 is 70.5. The molecule has 2 N–H and O–H groups in total. The Bertz CT molecular complexity index is 1750. The Morgan fingerprint density at radius 3 is 1.90 bits per heavy atom. The van der Waals surface area contributed by atoms with E-state index in [-0.39, 0.29) is 26.3 Å². The average Bonchev–Trinajstić information content (AvgIpc) is 2.89. The third-order valence-corrected chi connectivity index (χ3v) is 8.48. The summed E-state index contributed by atoms with van der Waals surface area (Å²) in [6, 6.07) is 17.0. The minimum Gasteiger partial charge on any atom is -0.457 e. The number of anilines is 1. The highest BCUT2D eigenvalue weighted by molar-refractivity contribution is 7.91. The van der Waals surface area contributed by atoms with Crippen LogP contribution >= 0.6 is 34.8 Å². The molecule has 0 heterocycles. The molecular weight excluding hydrogens is 628 g/mol. The first-order valence-electron chi connectivity index (χ1n) is 11.3. The van der Waals surface area contributed by atoms with Crippen LogP contribution < -0.4 is 15.4 Å². The lowest BCUT2D eigenvalue weighted by Gasteiger charge is -2.13.